The van der Waals surface area contributed by atoms with Gasteiger partial charge in [-0.1, -0.05) is 115 Å². The van der Waals surface area contributed by atoms with Gasteiger partial charge in [0.2, 0.25) is 0 Å². The summed E-state index contributed by atoms with van der Waals surface area (Å²) < 4.78 is 3.74. The molecule has 1 N–H and O–H groups in total. The predicted molar refractivity (Wildman–Crippen MR) is 239 cm³/mol. The van der Waals surface area contributed by atoms with E-state index in [-0.39, 0.29) is 12.3 Å². The minimum absolute atomic E-state index is 0.0787. The third kappa shape index (κ3) is 5.21. The van der Waals surface area contributed by atoms with E-state index in [0.717, 1.165) is 23.6 Å². The second kappa shape index (κ2) is 13.3. The number of rotatable bonds is 7. The van der Waals surface area contributed by atoms with Crippen LogP contribution in [0.1, 0.15) is 17.3 Å². The lowest BCUT2D eigenvalue weighted by molar-refractivity contribution is 0.373. The Kier molecular flexibility index (Phi) is 7.58. The van der Waals surface area contributed by atoms with E-state index in [1.165, 1.54) is 75.7 Å². The van der Waals surface area contributed by atoms with Gasteiger partial charge in [0, 0.05) is 61.5 Å². The van der Waals surface area contributed by atoms with E-state index in [4.69, 9.17) is 4.99 Å². The first-order valence-electron chi connectivity index (χ1n) is 19.8. The van der Waals surface area contributed by atoms with E-state index in [2.05, 4.69) is 195 Å². The van der Waals surface area contributed by atoms with Gasteiger partial charge in [0.25, 0.3) is 0 Å². The van der Waals surface area contributed by atoms with Crippen LogP contribution < -0.4 is 5.32 Å². The molecule has 0 saturated carbocycles. The second-order valence-corrected chi connectivity index (χ2v) is 16.0. The van der Waals surface area contributed by atoms with E-state index in [1.54, 1.807) is 0 Å². The highest BCUT2D eigenvalue weighted by atomic mass is 32.1. The molecule has 0 radical (unpaired) electrons. The lowest BCUT2D eigenvalue weighted by Crippen LogP contribution is -2.21. The summed E-state index contributed by atoms with van der Waals surface area (Å²) in [5.41, 5.74) is 13.2. The maximum Gasteiger partial charge on any atom is 0.149 e. The average molecular weight is 765 g/mol. The molecule has 3 aliphatic heterocycles. The standard InChI is InChI=1S/C51H36N6S/c1-3-9-35(10-4-1)45-42-23-24-44-46(48(42)58-47(45)36-11-5-2-6-12-36)41-13-7-8-14-43(41)55(44)40-21-19-37(20-22-40)49-54-50(38-27-31-53-32-28-38)57-51(56(49)57)39-17-15-33(16-18-39)34-25-29-52-30-26-34/h1-31,50-51,53H,32H2. The summed E-state index contributed by atoms with van der Waals surface area (Å²) >= 11 is 1.90. The van der Waals surface area contributed by atoms with Crippen molar-refractivity contribution in [2.24, 2.45) is 4.99 Å². The van der Waals surface area contributed by atoms with Gasteiger partial charge in [-0.15, -0.1) is 11.3 Å². The summed E-state index contributed by atoms with van der Waals surface area (Å²) in [4.78, 5) is 10.8. The Bertz CT molecular complexity index is 3110. The van der Waals surface area contributed by atoms with Gasteiger partial charge in [-0.2, -0.15) is 5.01 Å². The van der Waals surface area contributed by atoms with Gasteiger partial charge >= 0.3 is 0 Å². The van der Waals surface area contributed by atoms with Crippen molar-refractivity contribution in [2.75, 3.05) is 6.54 Å². The third-order valence-corrected chi connectivity index (χ3v) is 13.0. The fourth-order valence-corrected chi connectivity index (χ4v) is 10.4. The first kappa shape index (κ1) is 33.1. The number of benzene rings is 6. The Labute approximate surface area is 339 Å². The van der Waals surface area contributed by atoms with Crippen molar-refractivity contribution in [3.8, 4) is 38.4 Å². The fraction of sp³-hybridized carbons (Fsp3) is 0.0588. The summed E-state index contributed by atoms with van der Waals surface area (Å²) in [7, 11) is 0. The van der Waals surface area contributed by atoms with Gasteiger partial charge in [0.05, 0.1) is 11.0 Å². The number of hydrogen-bond donors (Lipinski definition) is 1. The molecular formula is C51H36N6S. The molecule has 0 spiro atoms. The van der Waals surface area contributed by atoms with Crippen molar-refractivity contribution in [1.82, 2.24) is 24.9 Å². The molecule has 3 atom stereocenters. The zero-order valence-corrected chi connectivity index (χ0v) is 32.2. The largest absolute Gasteiger partial charge is 0.387 e. The molecule has 12 rings (SSSR count). The quantitative estimate of drug-likeness (QED) is 0.164. The minimum Gasteiger partial charge on any atom is -0.387 e. The van der Waals surface area contributed by atoms with E-state index in [1.807, 2.05) is 29.9 Å². The van der Waals surface area contributed by atoms with Crippen molar-refractivity contribution in [1.29, 1.82) is 0 Å². The molecule has 276 valence electrons. The van der Waals surface area contributed by atoms with Crippen molar-refractivity contribution in [3.63, 3.8) is 0 Å². The Morgan fingerprint density at radius 1 is 0.603 bits per heavy atom. The van der Waals surface area contributed by atoms with Crippen LogP contribution in [-0.4, -0.2) is 38.1 Å². The first-order valence-corrected chi connectivity index (χ1v) is 20.6. The molecule has 6 aromatic carbocycles. The number of pyridine rings is 1. The fourth-order valence-electron chi connectivity index (χ4n) is 9.00. The molecule has 1 saturated heterocycles. The lowest BCUT2D eigenvalue weighted by atomic mass is 9.98. The van der Waals surface area contributed by atoms with Crippen LogP contribution in [0.25, 0.3) is 70.3 Å². The highest BCUT2D eigenvalue weighted by molar-refractivity contribution is 7.24. The number of aliphatic imine (C=N–C) groups is 1. The van der Waals surface area contributed by atoms with Crippen LogP contribution in [0.15, 0.2) is 199 Å². The Morgan fingerprint density at radius 3 is 2.07 bits per heavy atom. The van der Waals surface area contributed by atoms with Crippen molar-refractivity contribution >= 4 is 49.1 Å². The number of hydrazine groups is 1. The molecule has 7 heteroatoms. The second-order valence-electron chi connectivity index (χ2n) is 15.0. The first-order chi connectivity index (χ1) is 28.8. The SMILES string of the molecule is C1=CC(C2N=C(c3ccc(-n4c5ccccc5c5c6sc(-c7ccccc7)c(-c7ccccc7)c6ccc54)cc3)N3C(c4ccc(-c5ccncc5)cc4)N23)=CCN1. The van der Waals surface area contributed by atoms with Crippen LogP contribution in [0.3, 0.4) is 0 Å². The van der Waals surface area contributed by atoms with Gasteiger partial charge in [0.1, 0.15) is 18.2 Å². The molecule has 0 aliphatic carbocycles. The number of aromatic nitrogens is 2. The van der Waals surface area contributed by atoms with Gasteiger partial charge in [-0.25, -0.2) is 4.99 Å². The van der Waals surface area contributed by atoms with Crippen LogP contribution >= 0.6 is 11.3 Å². The molecule has 1 fully saturated rings. The molecule has 3 aliphatic rings. The third-order valence-electron chi connectivity index (χ3n) is 11.7. The summed E-state index contributed by atoms with van der Waals surface area (Å²) in [5, 5.41) is 11.9. The summed E-state index contributed by atoms with van der Waals surface area (Å²) in [6.07, 6.45) is 10.2. The molecule has 0 bridgehead atoms. The van der Waals surface area contributed by atoms with Gasteiger partial charge < -0.3 is 9.88 Å². The van der Waals surface area contributed by atoms with Crippen LogP contribution in [0, 0.1) is 0 Å². The summed E-state index contributed by atoms with van der Waals surface area (Å²) in [5.74, 6) is 0.997. The molecule has 6 nitrogen and oxygen atoms in total. The zero-order valence-electron chi connectivity index (χ0n) is 31.4. The molecule has 58 heavy (non-hydrogen) atoms. The van der Waals surface area contributed by atoms with Crippen molar-refractivity contribution in [3.05, 3.63) is 205 Å². The van der Waals surface area contributed by atoms with Crippen LogP contribution in [-0.2, 0) is 0 Å². The average Bonchev–Trinajstić information content (AvgIpc) is 3.54. The summed E-state index contributed by atoms with van der Waals surface area (Å²) in [6.45, 7) is 0.804. The number of nitrogens with one attached hydrogen (secondary N) is 1. The van der Waals surface area contributed by atoms with E-state index in [0.29, 0.717) is 0 Å². The van der Waals surface area contributed by atoms with Crippen LogP contribution in [0.4, 0.5) is 0 Å². The summed E-state index contributed by atoms with van der Waals surface area (Å²) in [6, 6.07) is 57.2. The maximum absolute atomic E-state index is 5.35. The number of hydrogen-bond acceptors (Lipinski definition) is 6. The molecule has 0 amide bonds. The number of thiophene rings is 1. The number of nitrogens with zero attached hydrogens (tertiary/aromatic N) is 5. The number of para-hydroxylation sites is 1. The zero-order chi connectivity index (χ0) is 38.2. The predicted octanol–water partition coefficient (Wildman–Crippen LogP) is 11.8. The highest BCUT2D eigenvalue weighted by Crippen LogP contribution is 2.52. The monoisotopic (exact) mass is 764 g/mol. The number of fused-ring (bicyclic) bond motifs is 6. The van der Waals surface area contributed by atoms with Gasteiger partial charge in [-0.05, 0) is 94.2 Å². The highest BCUT2D eigenvalue weighted by Gasteiger charge is 2.57. The molecule has 6 heterocycles. The van der Waals surface area contributed by atoms with Crippen LogP contribution in [0.2, 0.25) is 0 Å². The van der Waals surface area contributed by atoms with E-state index in [9.17, 15) is 0 Å². The van der Waals surface area contributed by atoms with Crippen molar-refractivity contribution < 1.29 is 0 Å². The smallest absolute Gasteiger partial charge is 0.149 e. The topological polar surface area (TPSA) is 48.2 Å². The lowest BCUT2D eigenvalue weighted by Gasteiger charge is -2.15. The van der Waals surface area contributed by atoms with E-state index >= 15 is 0 Å². The molecule has 3 unspecified atom stereocenters. The van der Waals surface area contributed by atoms with Crippen LogP contribution in [0.5, 0.6) is 0 Å². The Balaban J connectivity index is 0.951. The number of dihydropyridines is 1. The minimum atomic E-state index is -0.0787. The van der Waals surface area contributed by atoms with Gasteiger partial charge in [0.15, 0.2) is 0 Å². The maximum atomic E-state index is 5.35. The molecule has 3 aromatic heterocycles. The molecular weight excluding hydrogens is 729 g/mol. The normalized spacial score (nSPS) is 18.3. The number of amidine groups is 1. The molecule has 9 aromatic rings. The van der Waals surface area contributed by atoms with Crippen molar-refractivity contribution in [2.45, 2.75) is 12.3 Å². The Morgan fingerprint density at radius 2 is 1.31 bits per heavy atom. The van der Waals surface area contributed by atoms with Gasteiger partial charge in [-0.3, -0.25) is 9.99 Å². The Hall–Kier alpha value is -7.06. The van der Waals surface area contributed by atoms with E-state index < -0.39 is 0 Å².